The summed E-state index contributed by atoms with van der Waals surface area (Å²) in [5.74, 6) is 0.514. The molecule has 21 heavy (non-hydrogen) atoms. The van der Waals surface area contributed by atoms with E-state index in [1.807, 2.05) is 6.92 Å². The number of benzene rings is 2. The van der Waals surface area contributed by atoms with Crippen molar-refractivity contribution < 1.29 is 19.0 Å². The van der Waals surface area contributed by atoms with Crippen molar-refractivity contribution >= 4 is 0 Å². The molecule has 0 aromatic heterocycles. The smallest absolute Gasteiger partial charge is 0.133 e. The topological polar surface area (TPSA) is 38.7 Å². The summed E-state index contributed by atoms with van der Waals surface area (Å²) in [5, 5.41) is 10.8. The Morgan fingerprint density at radius 1 is 1.14 bits per heavy atom. The van der Waals surface area contributed by atoms with Crippen LogP contribution in [0.1, 0.15) is 25.0 Å². The summed E-state index contributed by atoms with van der Waals surface area (Å²) in [7, 11) is 1.45. The van der Waals surface area contributed by atoms with Crippen LogP contribution in [-0.2, 0) is 5.60 Å². The van der Waals surface area contributed by atoms with E-state index >= 15 is 0 Å². The minimum absolute atomic E-state index is 0.122. The first-order chi connectivity index (χ1) is 10.0. The van der Waals surface area contributed by atoms with Crippen molar-refractivity contribution in [2.24, 2.45) is 0 Å². The molecule has 0 fully saturated rings. The first-order valence-electron chi connectivity index (χ1n) is 6.79. The fraction of sp³-hybridized carbons (Fsp3) is 0.294. The van der Waals surface area contributed by atoms with E-state index in [-0.39, 0.29) is 5.56 Å². The molecule has 0 aliphatic rings. The van der Waals surface area contributed by atoms with E-state index in [9.17, 15) is 9.50 Å². The molecule has 0 radical (unpaired) electrons. The molecule has 0 aliphatic heterocycles. The lowest BCUT2D eigenvalue weighted by Gasteiger charge is -2.27. The van der Waals surface area contributed by atoms with Crippen molar-refractivity contribution in [1.82, 2.24) is 0 Å². The molecule has 0 amide bonds. The molecule has 0 saturated heterocycles. The van der Waals surface area contributed by atoms with E-state index < -0.39 is 11.4 Å². The largest absolute Gasteiger partial charge is 0.496 e. The van der Waals surface area contributed by atoms with Crippen LogP contribution in [0, 0.1) is 5.82 Å². The van der Waals surface area contributed by atoms with E-state index in [0.29, 0.717) is 23.7 Å². The van der Waals surface area contributed by atoms with Gasteiger partial charge in [-0.2, -0.15) is 0 Å². The van der Waals surface area contributed by atoms with Gasteiger partial charge in [-0.3, -0.25) is 0 Å². The number of methoxy groups -OCH3 is 1. The summed E-state index contributed by atoms with van der Waals surface area (Å²) in [5.41, 5.74) is -0.812. The van der Waals surface area contributed by atoms with Crippen molar-refractivity contribution in [3.05, 3.63) is 59.4 Å². The Morgan fingerprint density at radius 3 is 2.38 bits per heavy atom. The van der Waals surface area contributed by atoms with Crippen LogP contribution in [0.4, 0.5) is 4.39 Å². The SMILES string of the molecule is CCOc1ccc(C(C)(O)c2c(F)cccc2OC)cc1. The van der Waals surface area contributed by atoms with Gasteiger partial charge in [0.2, 0.25) is 0 Å². The molecule has 0 aliphatic carbocycles. The predicted octanol–water partition coefficient (Wildman–Crippen LogP) is 3.49. The molecule has 0 heterocycles. The quantitative estimate of drug-likeness (QED) is 0.916. The Bertz CT molecular complexity index is 606. The first kappa shape index (κ1) is 15.3. The minimum Gasteiger partial charge on any atom is -0.496 e. The highest BCUT2D eigenvalue weighted by Gasteiger charge is 2.32. The van der Waals surface area contributed by atoms with E-state index in [0.717, 1.165) is 0 Å². The Labute approximate surface area is 124 Å². The van der Waals surface area contributed by atoms with Gasteiger partial charge in [0.05, 0.1) is 19.3 Å². The van der Waals surface area contributed by atoms with Crippen molar-refractivity contribution in [3.63, 3.8) is 0 Å². The van der Waals surface area contributed by atoms with Crippen molar-refractivity contribution in [1.29, 1.82) is 0 Å². The molecule has 0 bridgehead atoms. The van der Waals surface area contributed by atoms with E-state index in [4.69, 9.17) is 9.47 Å². The molecule has 0 saturated carbocycles. The molecular formula is C17H19FO3. The molecule has 1 N–H and O–H groups in total. The van der Waals surface area contributed by atoms with Crippen LogP contribution in [0.15, 0.2) is 42.5 Å². The second-order valence-electron chi connectivity index (χ2n) is 4.85. The van der Waals surface area contributed by atoms with Crippen LogP contribution in [0.3, 0.4) is 0 Å². The lowest BCUT2D eigenvalue weighted by molar-refractivity contribution is 0.0944. The number of ether oxygens (including phenoxy) is 2. The van der Waals surface area contributed by atoms with Crippen molar-refractivity contribution in [3.8, 4) is 11.5 Å². The Kier molecular flexibility index (Phi) is 4.48. The lowest BCUT2D eigenvalue weighted by Crippen LogP contribution is -2.25. The third kappa shape index (κ3) is 3.00. The van der Waals surface area contributed by atoms with E-state index in [1.165, 1.54) is 13.2 Å². The number of halogens is 1. The summed E-state index contributed by atoms with van der Waals surface area (Å²) in [6, 6.07) is 11.4. The lowest BCUT2D eigenvalue weighted by atomic mass is 9.87. The van der Waals surface area contributed by atoms with Crippen LogP contribution in [-0.4, -0.2) is 18.8 Å². The second kappa shape index (κ2) is 6.14. The number of aliphatic hydroxyl groups is 1. The molecule has 2 aromatic carbocycles. The molecule has 3 nitrogen and oxygen atoms in total. The number of hydrogen-bond acceptors (Lipinski definition) is 3. The zero-order valence-electron chi connectivity index (χ0n) is 12.4. The van der Waals surface area contributed by atoms with Gasteiger partial charge in [-0.1, -0.05) is 18.2 Å². The van der Waals surface area contributed by atoms with Crippen LogP contribution in [0.25, 0.3) is 0 Å². The highest BCUT2D eigenvalue weighted by atomic mass is 19.1. The van der Waals surface area contributed by atoms with Gasteiger partial charge in [-0.05, 0) is 43.7 Å². The fourth-order valence-electron chi connectivity index (χ4n) is 2.33. The molecule has 2 aromatic rings. The van der Waals surface area contributed by atoms with Gasteiger partial charge in [0.15, 0.2) is 0 Å². The van der Waals surface area contributed by atoms with Gasteiger partial charge in [0.25, 0.3) is 0 Å². The third-order valence-corrected chi connectivity index (χ3v) is 3.41. The Morgan fingerprint density at radius 2 is 1.81 bits per heavy atom. The molecule has 1 unspecified atom stereocenters. The molecule has 4 heteroatoms. The Hall–Kier alpha value is -2.07. The summed E-state index contributed by atoms with van der Waals surface area (Å²) < 4.78 is 24.7. The maximum Gasteiger partial charge on any atom is 0.133 e. The molecular weight excluding hydrogens is 271 g/mol. The first-order valence-corrected chi connectivity index (χ1v) is 6.79. The molecule has 1 atom stereocenters. The molecule has 112 valence electrons. The van der Waals surface area contributed by atoms with Crippen LogP contribution in [0.5, 0.6) is 11.5 Å². The van der Waals surface area contributed by atoms with Crippen LogP contribution >= 0.6 is 0 Å². The monoisotopic (exact) mass is 290 g/mol. The average molecular weight is 290 g/mol. The number of rotatable bonds is 5. The van der Waals surface area contributed by atoms with Gasteiger partial charge < -0.3 is 14.6 Å². The van der Waals surface area contributed by atoms with Gasteiger partial charge in [0, 0.05) is 0 Å². The molecule has 0 spiro atoms. The Balaban J connectivity index is 2.46. The molecule has 2 rings (SSSR count). The van der Waals surface area contributed by atoms with Crippen LogP contribution < -0.4 is 9.47 Å². The summed E-state index contributed by atoms with van der Waals surface area (Å²) in [4.78, 5) is 0. The van der Waals surface area contributed by atoms with Crippen molar-refractivity contribution in [2.75, 3.05) is 13.7 Å². The number of hydrogen-bond donors (Lipinski definition) is 1. The maximum absolute atomic E-state index is 14.2. The predicted molar refractivity (Wildman–Crippen MR) is 79.2 cm³/mol. The normalized spacial score (nSPS) is 13.6. The highest BCUT2D eigenvalue weighted by Crippen LogP contribution is 2.37. The minimum atomic E-state index is -1.50. The third-order valence-electron chi connectivity index (χ3n) is 3.41. The van der Waals surface area contributed by atoms with Crippen molar-refractivity contribution in [2.45, 2.75) is 19.4 Å². The van der Waals surface area contributed by atoms with Gasteiger partial charge >= 0.3 is 0 Å². The fourth-order valence-corrected chi connectivity index (χ4v) is 2.33. The van der Waals surface area contributed by atoms with Gasteiger partial charge in [0.1, 0.15) is 22.9 Å². The standard InChI is InChI=1S/C17H19FO3/c1-4-21-13-10-8-12(9-11-13)17(2,19)16-14(18)6-5-7-15(16)20-3/h5-11,19H,4H2,1-3H3. The summed E-state index contributed by atoms with van der Waals surface area (Å²) in [6.45, 7) is 4.01. The average Bonchev–Trinajstić information content (AvgIpc) is 2.47. The van der Waals surface area contributed by atoms with E-state index in [1.54, 1.807) is 43.3 Å². The summed E-state index contributed by atoms with van der Waals surface area (Å²) in [6.07, 6.45) is 0. The van der Waals surface area contributed by atoms with E-state index in [2.05, 4.69) is 0 Å². The maximum atomic E-state index is 14.2. The van der Waals surface area contributed by atoms with Gasteiger partial charge in [-0.25, -0.2) is 4.39 Å². The zero-order valence-corrected chi connectivity index (χ0v) is 12.4. The zero-order chi connectivity index (χ0) is 15.5. The van der Waals surface area contributed by atoms with Gasteiger partial charge in [-0.15, -0.1) is 0 Å². The summed E-state index contributed by atoms with van der Waals surface area (Å²) >= 11 is 0. The van der Waals surface area contributed by atoms with Crippen LogP contribution in [0.2, 0.25) is 0 Å². The highest BCUT2D eigenvalue weighted by molar-refractivity contribution is 5.46. The second-order valence-corrected chi connectivity index (χ2v) is 4.85.